The van der Waals surface area contributed by atoms with Crippen LogP contribution in [0.2, 0.25) is 0 Å². The Labute approximate surface area is 143 Å². The maximum atomic E-state index is 12.9. The minimum atomic E-state index is -0.0346. The summed E-state index contributed by atoms with van der Waals surface area (Å²) in [6, 6.07) is 15.0. The molecule has 0 bridgehead atoms. The summed E-state index contributed by atoms with van der Waals surface area (Å²) < 4.78 is 5.32. The van der Waals surface area contributed by atoms with Crippen LogP contribution >= 0.6 is 0 Å². The van der Waals surface area contributed by atoms with E-state index >= 15 is 0 Å². The number of aryl methyl sites for hydroxylation is 1. The van der Waals surface area contributed by atoms with Crippen LogP contribution < -0.4 is 4.74 Å². The fraction of sp³-hybridized carbons (Fsp3) is 0.300. The Kier molecular flexibility index (Phi) is 5.59. The van der Waals surface area contributed by atoms with E-state index in [1.807, 2.05) is 49.9 Å². The van der Waals surface area contributed by atoms with E-state index in [9.17, 15) is 4.79 Å². The van der Waals surface area contributed by atoms with Crippen LogP contribution in [0.15, 0.2) is 42.5 Å². The standard InChI is InChI=1S/C20H22N2O2/c1-14(2)22(13-17-8-6-16(12-21)7-9-17)20(23)18-10-5-15(3)19(11-18)24-4/h5-11,14H,13H2,1-4H3. The number of nitriles is 1. The molecule has 0 saturated carbocycles. The van der Waals surface area contributed by atoms with Crippen LogP contribution in [0.4, 0.5) is 0 Å². The zero-order valence-electron chi connectivity index (χ0n) is 14.5. The maximum absolute atomic E-state index is 12.9. The van der Waals surface area contributed by atoms with Crippen LogP contribution in [0.1, 0.15) is 40.9 Å². The Balaban J connectivity index is 2.26. The predicted molar refractivity (Wildman–Crippen MR) is 93.9 cm³/mol. The van der Waals surface area contributed by atoms with Gasteiger partial charge in [0.25, 0.3) is 5.91 Å². The Bertz CT molecular complexity index is 758. The molecule has 0 unspecified atom stereocenters. The lowest BCUT2D eigenvalue weighted by Crippen LogP contribution is -2.36. The molecule has 0 aliphatic carbocycles. The number of carbonyl (C=O) groups is 1. The van der Waals surface area contributed by atoms with E-state index in [4.69, 9.17) is 10.00 Å². The highest BCUT2D eigenvalue weighted by Crippen LogP contribution is 2.21. The predicted octanol–water partition coefficient (Wildman–Crippen LogP) is 3.93. The lowest BCUT2D eigenvalue weighted by Gasteiger charge is -2.27. The van der Waals surface area contributed by atoms with Gasteiger partial charge in [-0.15, -0.1) is 0 Å². The first-order valence-electron chi connectivity index (χ1n) is 7.91. The number of ether oxygens (including phenoxy) is 1. The second-order valence-electron chi connectivity index (χ2n) is 6.02. The summed E-state index contributed by atoms with van der Waals surface area (Å²) in [6.45, 7) is 6.43. The Morgan fingerprint density at radius 1 is 1.21 bits per heavy atom. The number of hydrogen-bond acceptors (Lipinski definition) is 3. The Morgan fingerprint density at radius 3 is 2.42 bits per heavy atom. The van der Waals surface area contributed by atoms with Gasteiger partial charge in [-0.05, 0) is 56.2 Å². The molecular weight excluding hydrogens is 300 g/mol. The van der Waals surface area contributed by atoms with Gasteiger partial charge in [0.1, 0.15) is 5.75 Å². The van der Waals surface area contributed by atoms with Gasteiger partial charge in [0.2, 0.25) is 0 Å². The summed E-state index contributed by atoms with van der Waals surface area (Å²) in [7, 11) is 1.60. The third-order valence-electron chi connectivity index (χ3n) is 3.98. The van der Waals surface area contributed by atoms with E-state index in [0.717, 1.165) is 11.1 Å². The summed E-state index contributed by atoms with van der Waals surface area (Å²) in [4.78, 5) is 14.7. The van der Waals surface area contributed by atoms with Crippen molar-refractivity contribution < 1.29 is 9.53 Å². The zero-order valence-corrected chi connectivity index (χ0v) is 14.5. The molecule has 0 atom stereocenters. The quantitative estimate of drug-likeness (QED) is 0.838. The average molecular weight is 322 g/mol. The molecule has 0 aliphatic heterocycles. The van der Waals surface area contributed by atoms with Crippen LogP contribution in [0.3, 0.4) is 0 Å². The molecule has 4 heteroatoms. The van der Waals surface area contributed by atoms with Crippen molar-refractivity contribution in [2.45, 2.75) is 33.4 Å². The monoisotopic (exact) mass is 322 g/mol. The van der Waals surface area contributed by atoms with Gasteiger partial charge < -0.3 is 9.64 Å². The van der Waals surface area contributed by atoms with Crippen molar-refractivity contribution in [1.82, 2.24) is 4.90 Å². The van der Waals surface area contributed by atoms with Gasteiger partial charge in [-0.25, -0.2) is 0 Å². The van der Waals surface area contributed by atoms with Crippen molar-refractivity contribution in [2.24, 2.45) is 0 Å². The molecular formula is C20H22N2O2. The number of benzene rings is 2. The normalized spacial score (nSPS) is 10.3. The van der Waals surface area contributed by atoms with E-state index in [1.54, 1.807) is 25.3 Å². The molecule has 0 radical (unpaired) electrons. The van der Waals surface area contributed by atoms with Gasteiger partial charge in [-0.3, -0.25) is 4.79 Å². The number of amides is 1. The number of rotatable bonds is 5. The SMILES string of the molecule is COc1cc(C(=O)N(Cc2ccc(C#N)cc2)C(C)C)ccc1C. The molecule has 0 aliphatic rings. The molecule has 0 spiro atoms. The maximum Gasteiger partial charge on any atom is 0.254 e. The molecule has 2 aromatic carbocycles. The van der Waals surface area contributed by atoms with Crippen molar-refractivity contribution in [2.75, 3.05) is 7.11 Å². The minimum absolute atomic E-state index is 0.0346. The second-order valence-corrected chi connectivity index (χ2v) is 6.02. The van der Waals surface area contributed by atoms with E-state index in [0.29, 0.717) is 23.4 Å². The average Bonchev–Trinajstić information content (AvgIpc) is 2.59. The van der Waals surface area contributed by atoms with E-state index in [-0.39, 0.29) is 11.9 Å². The highest BCUT2D eigenvalue weighted by molar-refractivity contribution is 5.95. The first kappa shape index (κ1) is 17.6. The molecule has 124 valence electrons. The molecule has 2 aromatic rings. The van der Waals surface area contributed by atoms with Gasteiger partial charge in [-0.2, -0.15) is 5.26 Å². The number of hydrogen-bond donors (Lipinski definition) is 0. The van der Waals surface area contributed by atoms with E-state index < -0.39 is 0 Å². The summed E-state index contributed by atoms with van der Waals surface area (Å²) >= 11 is 0. The first-order chi connectivity index (χ1) is 11.5. The summed E-state index contributed by atoms with van der Waals surface area (Å²) in [5.41, 5.74) is 3.22. The smallest absolute Gasteiger partial charge is 0.254 e. The second kappa shape index (κ2) is 7.65. The highest BCUT2D eigenvalue weighted by Gasteiger charge is 2.20. The van der Waals surface area contributed by atoms with Gasteiger partial charge in [-0.1, -0.05) is 18.2 Å². The van der Waals surface area contributed by atoms with Crippen LogP contribution in [0, 0.1) is 18.3 Å². The van der Waals surface area contributed by atoms with Gasteiger partial charge in [0.05, 0.1) is 18.7 Å². The van der Waals surface area contributed by atoms with Gasteiger partial charge >= 0.3 is 0 Å². The summed E-state index contributed by atoms with van der Waals surface area (Å²) in [6.07, 6.45) is 0. The van der Waals surface area contributed by atoms with Crippen molar-refractivity contribution in [3.63, 3.8) is 0 Å². The fourth-order valence-electron chi connectivity index (χ4n) is 2.49. The molecule has 1 amide bonds. The van der Waals surface area contributed by atoms with Gasteiger partial charge in [0.15, 0.2) is 0 Å². The molecule has 0 heterocycles. The van der Waals surface area contributed by atoms with E-state index in [2.05, 4.69) is 6.07 Å². The number of carbonyl (C=O) groups excluding carboxylic acids is 1. The Hall–Kier alpha value is -2.80. The largest absolute Gasteiger partial charge is 0.496 e. The third kappa shape index (κ3) is 3.94. The zero-order chi connectivity index (χ0) is 17.7. The van der Waals surface area contributed by atoms with Crippen molar-refractivity contribution in [3.8, 4) is 11.8 Å². The van der Waals surface area contributed by atoms with Crippen LogP contribution in [-0.2, 0) is 6.54 Å². The first-order valence-corrected chi connectivity index (χ1v) is 7.91. The van der Waals surface area contributed by atoms with Crippen molar-refractivity contribution >= 4 is 5.91 Å². The fourth-order valence-corrected chi connectivity index (χ4v) is 2.49. The lowest BCUT2D eigenvalue weighted by atomic mass is 10.1. The van der Waals surface area contributed by atoms with Crippen LogP contribution in [-0.4, -0.2) is 24.0 Å². The van der Waals surface area contributed by atoms with E-state index in [1.165, 1.54) is 0 Å². The number of nitrogens with zero attached hydrogens (tertiary/aromatic N) is 2. The topological polar surface area (TPSA) is 53.3 Å². The van der Waals surface area contributed by atoms with Crippen LogP contribution in [0.25, 0.3) is 0 Å². The molecule has 0 N–H and O–H groups in total. The minimum Gasteiger partial charge on any atom is -0.496 e. The highest BCUT2D eigenvalue weighted by atomic mass is 16.5. The lowest BCUT2D eigenvalue weighted by molar-refractivity contribution is 0.0690. The number of methoxy groups -OCH3 is 1. The molecule has 24 heavy (non-hydrogen) atoms. The molecule has 0 fully saturated rings. The summed E-state index contributed by atoms with van der Waals surface area (Å²) in [5, 5.41) is 8.88. The Morgan fingerprint density at radius 2 is 1.88 bits per heavy atom. The van der Waals surface area contributed by atoms with Crippen molar-refractivity contribution in [1.29, 1.82) is 5.26 Å². The third-order valence-corrected chi connectivity index (χ3v) is 3.98. The van der Waals surface area contributed by atoms with Crippen molar-refractivity contribution in [3.05, 3.63) is 64.7 Å². The molecule has 0 saturated heterocycles. The van der Waals surface area contributed by atoms with Crippen LogP contribution in [0.5, 0.6) is 5.75 Å². The van der Waals surface area contributed by atoms with Gasteiger partial charge in [0, 0.05) is 18.2 Å². The molecule has 2 rings (SSSR count). The summed E-state index contributed by atoms with van der Waals surface area (Å²) in [5.74, 6) is 0.676. The molecule has 4 nitrogen and oxygen atoms in total. The molecule has 0 aromatic heterocycles.